The Morgan fingerprint density at radius 1 is 1.07 bits per heavy atom. The molecule has 0 saturated carbocycles. The average molecular weight is 373 g/mol. The molecule has 1 unspecified atom stereocenters. The molecule has 0 spiro atoms. The standard InChI is InChI=1S/C22H23N5O/c1-22(2,3)21(27-19-9-5-4-8-17(19)25-26-27)24-20(28)14-15-10-11-16-7-6-12-23-18(16)13-15/h4-13,21H,14H2,1-3H3,(H,24,28). The lowest BCUT2D eigenvalue weighted by Gasteiger charge is -2.31. The van der Waals surface area contributed by atoms with Gasteiger partial charge < -0.3 is 5.32 Å². The molecule has 28 heavy (non-hydrogen) atoms. The number of amides is 1. The van der Waals surface area contributed by atoms with Gasteiger partial charge in [-0.05, 0) is 29.8 Å². The second kappa shape index (κ2) is 7.03. The normalized spacial score (nSPS) is 13.0. The molecule has 1 atom stereocenters. The molecule has 1 N–H and O–H groups in total. The number of benzene rings is 2. The first kappa shape index (κ1) is 18.1. The summed E-state index contributed by atoms with van der Waals surface area (Å²) >= 11 is 0. The molecule has 6 heteroatoms. The fourth-order valence-corrected chi connectivity index (χ4v) is 3.33. The van der Waals surface area contributed by atoms with Gasteiger partial charge in [-0.2, -0.15) is 0 Å². The third-order valence-corrected chi connectivity index (χ3v) is 4.77. The van der Waals surface area contributed by atoms with Crippen LogP contribution in [0.5, 0.6) is 0 Å². The van der Waals surface area contributed by atoms with Crippen LogP contribution < -0.4 is 5.32 Å². The van der Waals surface area contributed by atoms with Crippen molar-refractivity contribution in [2.24, 2.45) is 5.41 Å². The van der Waals surface area contributed by atoms with Crippen LogP contribution in [0.2, 0.25) is 0 Å². The molecule has 4 rings (SSSR count). The molecule has 0 bridgehead atoms. The lowest BCUT2D eigenvalue weighted by atomic mass is 9.92. The van der Waals surface area contributed by atoms with E-state index in [0.29, 0.717) is 0 Å². The molecule has 142 valence electrons. The number of carbonyl (C=O) groups is 1. The van der Waals surface area contributed by atoms with E-state index in [1.165, 1.54) is 0 Å². The third-order valence-electron chi connectivity index (χ3n) is 4.77. The number of hydrogen-bond donors (Lipinski definition) is 1. The first-order valence-corrected chi connectivity index (χ1v) is 9.35. The number of pyridine rings is 1. The number of fused-ring (bicyclic) bond motifs is 2. The number of nitrogens with zero attached hydrogens (tertiary/aromatic N) is 4. The third kappa shape index (κ3) is 3.58. The Bertz CT molecular complexity index is 1140. The first-order chi connectivity index (χ1) is 13.4. The molecule has 0 radical (unpaired) electrons. The minimum absolute atomic E-state index is 0.0604. The Kier molecular flexibility index (Phi) is 4.55. The van der Waals surface area contributed by atoms with E-state index in [0.717, 1.165) is 27.5 Å². The lowest BCUT2D eigenvalue weighted by Crippen LogP contribution is -2.41. The van der Waals surface area contributed by atoms with Crippen molar-refractivity contribution >= 4 is 27.8 Å². The van der Waals surface area contributed by atoms with E-state index in [-0.39, 0.29) is 23.9 Å². The van der Waals surface area contributed by atoms with E-state index >= 15 is 0 Å². The summed E-state index contributed by atoms with van der Waals surface area (Å²) in [6.07, 6.45) is 1.73. The van der Waals surface area contributed by atoms with E-state index < -0.39 is 0 Å². The van der Waals surface area contributed by atoms with Crippen molar-refractivity contribution < 1.29 is 4.79 Å². The number of hydrogen-bond acceptors (Lipinski definition) is 4. The predicted molar refractivity (Wildman–Crippen MR) is 110 cm³/mol. The van der Waals surface area contributed by atoms with Crippen molar-refractivity contribution in [2.75, 3.05) is 0 Å². The number of para-hydroxylation sites is 1. The summed E-state index contributed by atoms with van der Waals surface area (Å²) in [6.45, 7) is 6.23. The molecule has 0 aliphatic carbocycles. The maximum absolute atomic E-state index is 12.8. The van der Waals surface area contributed by atoms with Gasteiger partial charge in [0.1, 0.15) is 11.7 Å². The van der Waals surface area contributed by atoms with Gasteiger partial charge in [0.25, 0.3) is 0 Å². The quantitative estimate of drug-likeness (QED) is 0.589. The van der Waals surface area contributed by atoms with Gasteiger partial charge in [0.15, 0.2) is 0 Å². The van der Waals surface area contributed by atoms with Crippen molar-refractivity contribution in [3.05, 3.63) is 66.4 Å². The number of carbonyl (C=O) groups excluding carboxylic acids is 1. The Morgan fingerprint density at radius 2 is 1.89 bits per heavy atom. The van der Waals surface area contributed by atoms with Crippen LogP contribution in [0.4, 0.5) is 0 Å². The van der Waals surface area contributed by atoms with Crippen LogP contribution in [0.1, 0.15) is 32.5 Å². The Morgan fingerprint density at radius 3 is 2.71 bits per heavy atom. The molecule has 6 nitrogen and oxygen atoms in total. The highest BCUT2D eigenvalue weighted by atomic mass is 16.1. The predicted octanol–water partition coefficient (Wildman–Crippen LogP) is 3.88. The molecule has 2 aromatic carbocycles. The Labute approximate surface area is 163 Å². The van der Waals surface area contributed by atoms with Crippen LogP contribution in [-0.2, 0) is 11.2 Å². The number of rotatable bonds is 4. The Hall–Kier alpha value is -3.28. The fraction of sp³-hybridized carbons (Fsp3) is 0.273. The van der Waals surface area contributed by atoms with Gasteiger partial charge in [0, 0.05) is 17.0 Å². The van der Waals surface area contributed by atoms with Gasteiger partial charge in [0.2, 0.25) is 5.91 Å². The van der Waals surface area contributed by atoms with Gasteiger partial charge >= 0.3 is 0 Å². The molecule has 4 aromatic rings. The van der Waals surface area contributed by atoms with Crippen LogP contribution in [0.25, 0.3) is 21.9 Å². The molecule has 2 heterocycles. The van der Waals surface area contributed by atoms with E-state index in [9.17, 15) is 4.79 Å². The van der Waals surface area contributed by atoms with Crippen LogP contribution in [-0.4, -0.2) is 25.9 Å². The summed E-state index contributed by atoms with van der Waals surface area (Å²) in [5, 5.41) is 12.7. The summed E-state index contributed by atoms with van der Waals surface area (Å²) in [5.41, 5.74) is 3.29. The zero-order chi connectivity index (χ0) is 19.7. The van der Waals surface area contributed by atoms with Crippen molar-refractivity contribution in [1.82, 2.24) is 25.3 Å². The molecule has 0 fully saturated rings. The zero-order valence-corrected chi connectivity index (χ0v) is 16.3. The smallest absolute Gasteiger partial charge is 0.226 e. The highest BCUT2D eigenvalue weighted by Crippen LogP contribution is 2.30. The molecule has 0 saturated heterocycles. The van der Waals surface area contributed by atoms with Crippen LogP contribution in [0.15, 0.2) is 60.8 Å². The fourth-order valence-electron chi connectivity index (χ4n) is 3.33. The van der Waals surface area contributed by atoms with Gasteiger partial charge in [-0.1, -0.05) is 56.3 Å². The molecular formula is C22H23N5O. The maximum Gasteiger partial charge on any atom is 0.226 e. The Balaban J connectivity index is 1.59. The van der Waals surface area contributed by atoms with Crippen molar-refractivity contribution in [3.8, 4) is 0 Å². The summed E-state index contributed by atoms with van der Waals surface area (Å²) in [6, 6.07) is 17.6. The minimum atomic E-state index is -0.314. The molecule has 1 amide bonds. The highest BCUT2D eigenvalue weighted by molar-refractivity contribution is 5.83. The zero-order valence-electron chi connectivity index (χ0n) is 16.3. The monoisotopic (exact) mass is 373 g/mol. The van der Waals surface area contributed by atoms with E-state index in [4.69, 9.17) is 0 Å². The lowest BCUT2D eigenvalue weighted by molar-refractivity contribution is -0.123. The average Bonchev–Trinajstić information content (AvgIpc) is 3.09. The van der Waals surface area contributed by atoms with Gasteiger partial charge in [-0.25, -0.2) is 4.68 Å². The van der Waals surface area contributed by atoms with E-state index in [1.54, 1.807) is 10.9 Å². The number of nitrogens with one attached hydrogen (secondary N) is 1. The first-order valence-electron chi connectivity index (χ1n) is 9.35. The number of aromatic nitrogens is 4. The van der Waals surface area contributed by atoms with Crippen molar-refractivity contribution in [1.29, 1.82) is 0 Å². The summed E-state index contributed by atoms with van der Waals surface area (Å²) < 4.78 is 1.80. The van der Waals surface area contributed by atoms with Crippen LogP contribution in [0, 0.1) is 5.41 Å². The molecule has 2 aromatic heterocycles. The minimum Gasteiger partial charge on any atom is -0.333 e. The molecule has 0 aliphatic heterocycles. The maximum atomic E-state index is 12.8. The van der Waals surface area contributed by atoms with Crippen LogP contribution >= 0.6 is 0 Å². The van der Waals surface area contributed by atoms with E-state index in [2.05, 4.69) is 41.4 Å². The molecular weight excluding hydrogens is 350 g/mol. The van der Waals surface area contributed by atoms with Gasteiger partial charge in [0.05, 0.1) is 17.5 Å². The summed E-state index contributed by atoms with van der Waals surface area (Å²) in [7, 11) is 0. The second-order valence-corrected chi connectivity index (χ2v) is 8.07. The highest BCUT2D eigenvalue weighted by Gasteiger charge is 2.30. The van der Waals surface area contributed by atoms with Gasteiger partial charge in [-0.3, -0.25) is 9.78 Å². The van der Waals surface area contributed by atoms with Gasteiger partial charge in [-0.15, -0.1) is 5.10 Å². The summed E-state index contributed by atoms with van der Waals surface area (Å²) in [5.74, 6) is -0.0604. The molecule has 0 aliphatic rings. The SMILES string of the molecule is CC(C)(C)C(NC(=O)Cc1ccc2cccnc2c1)n1nnc2ccccc21. The largest absolute Gasteiger partial charge is 0.333 e. The van der Waals surface area contributed by atoms with Crippen molar-refractivity contribution in [3.63, 3.8) is 0 Å². The topological polar surface area (TPSA) is 72.7 Å². The van der Waals surface area contributed by atoms with Crippen molar-refractivity contribution in [2.45, 2.75) is 33.4 Å². The second-order valence-electron chi connectivity index (χ2n) is 8.07. The van der Waals surface area contributed by atoms with Crippen LogP contribution in [0.3, 0.4) is 0 Å². The summed E-state index contributed by atoms with van der Waals surface area (Å²) in [4.78, 5) is 17.2. The van der Waals surface area contributed by atoms with E-state index in [1.807, 2.05) is 54.6 Å².